The third-order valence-electron chi connectivity index (χ3n) is 3.70. The van der Waals surface area contributed by atoms with Gasteiger partial charge in [0.1, 0.15) is 0 Å². The molecular weight excluding hydrogens is 248 g/mol. The molecule has 1 aliphatic heterocycles. The second kappa shape index (κ2) is 8.12. The highest BCUT2D eigenvalue weighted by Crippen LogP contribution is 2.17. The van der Waals surface area contributed by atoms with Crippen molar-refractivity contribution in [3.8, 4) is 0 Å². The highest BCUT2D eigenvalue weighted by molar-refractivity contribution is 7.91. The molecule has 0 spiro atoms. The van der Waals surface area contributed by atoms with Crippen LogP contribution in [0, 0.1) is 0 Å². The monoisotopic (exact) mass is 276 g/mol. The molecule has 4 nitrogen and oxygen atoms in total. The molecule has 0 saturated carbocycles. The topological polar surface area (TPSA) is 49.4 Å². The van der Waals surface area contributed by atoms with Crippen LogP contribution < -0.4 is 5.32 Å². The predicted octanol–water partition coefficient (Wildman–Crippen LogP) is 1.28. The minimum atomic E-state index is -2.74. The molecule has 0 aromatic heterocycles. The summed E-state index contributed by atoms with van der Waals surface area (Å²) in [6.07, 6.45) is 5.76. The number of rotatable bonds is 9. The van der Waals surface area contributed by atoms with Crippen molar-refractivity contribution in [3.05, 3.63) is 0 Å². The average molecular weight is 276 g/mol. The predicted molar refractivity (Wildman–Crippen MR) is 76.7 cm³/mol. The van der Waals surface area contributed by atoms with Crippen LogP contribution in [0.15, 0.2) is 0 Å². The Kier molecular flexibility index (Phi) is 7.19. The van der Waals surface area contributed by atoms with Crippen LogP contribution in [-0.4, -0.2) is 57.5 Å². The first-order valence-electron chi connectivity index (χ1n) is 7.16. The van der Waals surface area contributed by atoms with Gasteiger partial charge >= 0.3 is 0 Å². The molecule has 0 amide bonds. The maximum atomic E-state index is 11.4. The van der Waals surface area contributed by atoms with E-state index in [1.165, 1.54) is 25.7 Å². The molecule has 1 atom stereocenters. The number of hydrogen-bond acceptors (Lipinski definition) is 4. The maximum Gasteiger partial charge on any atom is 0.151 e. The van der Waals surface area contributed by atoms with E-state index in [2.05, 4.69) is 24.2 Å². The second-order valence-electron chi connectivity index (χ2n) is 5.31. The first-order chi connectivity index (χ1) is 8.55. The first-order valence-corrected chi connectivity index (χ1v) is 8.98. The molecule has 5 heteroatoms. The fourth-order valence-electron chi connectivity index (χ4n) is 2.45. The molecule has 0 radical (unpaired) electrons. The fourth-order valence-corrected chi connectivity index (χ4v) is 4.25. The number of sulfone groups is 1. The average Bonchev–Trinajstić information content (AvgIpc) is 2.68. The van der Waals surface area contributed by atoms with Gasteiger partial charge in [-0.15, -0.1) is 0 Å². The van der Waals surface area contributed by atoms with E-state index in [4.69, 9.17) is 0 Å². The van der Waals surface area contributed by atoms with Gasteiger partial charge in [-0.05, 0) is 45.9 Å². The lowest BCUT2D eigenvalue weighted by atomic mass is 10.1. The highest BCUT2D eigenvalue weighted by atomic mass is 32.2. The Hall–Kier alpha value is -0.130. The Balaban J connectivity index is 2.02. The zero-order valence-electron chi connectivity index (χ0n) is 11.8. The minimum Gasteiger partial charge on any atom is -0.317 e. The summed E-state index contributed by atoms with van der Waals surface area (Å²) in [7, 11) is -0.676. The van der Waals surface area contributed by atoms with Gasteiger partial charge in [0.15, 0.2) is 9.84 Å². The molecular formula is C13H28N2O2S. The zero-order valence-corrected chi connectivity index (χ0v) is 12.6. The molecule has 1 heterocycles. The molecule has 1 N–H and O–H groups in total. The third kappa shape index (κ3) is 6.16. The van der Waals surface area contributed by atoms with Crippen LogP contribution in [0.1, 0.15) is 39.0 Å². The standard InChI is InChI=1S/C13H28N2O2S/c1-3-14-9-6-4-5-7-10-15(2)13-8-11-18(16,17)12-13/h13-14H,3-12H2,1-2H3. The molecule has 1 fully saturated rings. The van der Waals surface area contributed by atoms with Crippen molar-refractivity contribution in [2.45, 2.75) is 45.1 Å². The summed E-state index contributed by atoms with van der Waals surface area (Å²) in [5.74, 6) is 0.745. The van der Waals surface area contributed by atoms with Crippen LogP contribution in [0.2, 0.25) is 0 Å². The Morgan fingerprint density at radius 1 is 1.22 bits per heavy atom. The van der Waals surface area contributed by atoms with Crippen molar-refractivity contribution in [1.82, 2.24) is 10.2 Å². The van der Waals surface area contributed by atoms with Crippen molar-refractivity contribution >= 4 is 9.84 Å². The lowest BCUT2D eigenvalue weighted by Crippen LogP contribution is -2.33. The molecule has 1 saturated heterocycles. The van der Waals surface area contributed by atoms with Gasteiger partial charge in [0.25, 0.3) is 0 Å². The SMILES string of the molecule is CCNCCCCCCN(C)C1CCS(=O)(=O)C1. The second-order valence-corrected chi connectivity index (χ2v) is 7.53. The van der Waals surface area contributed by atoms with Crippen molar-refractivity contribution < 1.29 is 8.42 Å². The summed E-state index contributed by atoms with van der Waals surface area (Å²) in [6, 6.07) is 0.261. The molecule has 0 aromatic rings. The number of unbranched alkanes of at least 4 members (excludes halogenated alkanes) is 3. The molecule has 1 aliphatic rings. The van der Waals surface area contributed by atoms with Crippen LogP contribution in [-0.2, 0) is 9.84 Å². The van der Waals surface area contributed by atoms with Crippen LogP contribution in [0.4, 0.5) is 0 Å². The zero-order chi connectivity index (χ0) is 13.4. The Bertz CT molecular complexity index is 317. The van der Waals surface area contributed by atoms with Gasteiger partial charge < -0.3 is 10.2 Å². The largest absolute Gasteiger partial charge is 0.317 e. The number of nitrogens with one attached hydrogen (secondary N) is 1. The molecule has 1 unspecified atom stereocenters. The van der Waals surface area contributed by atoms with Crippen molar-refractivity contribution in [2.24, 2.45) is 0 Å². The van der Waals surface area contributed by atoms with Crippen molar-refractivity contribution in [3.63, 3.8) is 0 Å². The van der Waals surface area contributed by atoms with E-state index in [-0.39, 0.29) is 6.04 Å². The van der Waals surface area contributed by atoms with Crippen molar-refractivity contribution in [2.75, 3.05) is 38.2 Å². The lowest BCUT2D eigenvalue weighted by Gasteiger charge is -2.22. The Morgan fingerprint density at radius 3 is 2.56 bits per heavy atom. The molecule has 18 heavy (non-hydrogen) atoms. The van der Waals surface area contributed by atoms with E-state index < -0.39 is 9.84 Å². The first kappa shape index (κ1) is 15.9. The van der Waals surface area contributed by atoms with Crippen molar-refractivity contribution in [1.29, 1.82) is 0 Å². The van der Waals surface area contributed by atoms with E-state index in [0.29, 0.717) is 11.5 Å². The summed E-state index contributed by atoms with van der Waals surface area (Å²) in [5, 5.41) is 3.32. The van der Waals surface area contributed by atoms with Gasteiger partial charge in [-0.2, -0.15) is 0 Å². The lowest BCUT2D eigenvalue weighted by molar-refractivity contribution is 0.256. The summed E-state index contributed by atoms with van der Waals surface area (Å²) >= 11 is 0. The number of nitrogens with zero attached hydrogens (tertiary/aromatic N) is 1. The molecule has 0 aliphatic carbocycles. The summed E-state index contributed by atoms with van der Waals surface area (Å²) in [6.45, 7) is 5.33. The maximum absolute atomic E-state index is 11.4. The summed E-state index contributed by atoms with van der Waals surface area (Å²) < 4.78 is 22.8. The Morgan fingerprint density at radius 2 is 1.94 bits per heavy atom. The smallest absolute Gasteiger partial charge is 0.151 e. The van der Waals surface area contributed by atoms with Crippen LogP contribution in [0.3, 0.4) is 0 Å². The van der Waals surface area contributed by atoms with E-state index >= 15 is 0 Å². The van der Waals surface area contributed by atoms with E-state index in [0.717, 1.165) is 26.1 Å². The van der Waals surface area contributed by atoms with Gasteiger partial charge in [-0.1, -0.05) is 19.8 Å². The molecule has 1 rings (SSSR count). The summed E-state index contributed by atoms with van der Waals surface area (Å²) in [4.78, 5) is 2.23. The quantitative estimate of drug-likeness (QED) is 0.645. The third-order valence-corrected chi connectivity index (χ3v) is 5.45. The van der Waals surface area contributed by atoms with E-state index in [1.54, 1.807) is 0 Å². The van der Waals surface area contributed by atoms with Crippen LogP contribution >= 0.6 is 0 Å². The molecule has 108 valence electrons. The van der Waals surface area contributed by atoms with Crippen LogP contribution in [0.25, 0.3) is 0 Å². The van der Waals surface area contributed by atoms with E-state index in [9.17, 15) is 8.42 Å². The van der Waals surface area contributed by atoms with Gasteiger partial charge in [0, 0.05) is 6.04 Å². The summed E-state index contributed by atoms with van der Waals surface area (Å²) in [5.41, 5.74) is 0. The highest BCUT2D eigenvalue weighted by Gasteiger charge is 2.30. The van der Waals surface area contributed by atoms with Gasteiger partial charge in [0.2, 0.25) is 0 Å². The fraction of sp³-hybridized carbons (Fsp3) is 1.00. The van der Waals surface area contributed by atoms with Crippen LogP contribution in [0.5, 0.6) is 0 Å². The van der Waals surface area contributed by atoms with Gasteiger partial charge in [0.05, 0.1) is 11.5 Å². The molecule has 0 aromatic carbocycles. The van der Waals surface area contributed by atoms with Gasteiger partial charge in [-0.25, -0.2) is 8.42 Å². The number of hydrogen-bond donors (Lipinski definition) is 1. The normalized spacial score (nSPS) is 22.7. The molecule has 0 bridgehead atoms. The van der Waals surface area contributed by atoms with Gasteiger partial charge in [-0.3, -0.25) is 0 Å². The Labute approximate surface area is 112 Å². The van der Waals surface area contributed by atoms with E-state index in [1.807, 2.05) is 0 Å². The minimum absolute atomic E-state index is 0.261.